The average Bonchev–Trinajstić information content (AvgIpc) is 1.98. The first kappa shape index (κ1) is 9.61. The van der Waals surface area contributed by atoms with E-state index in [1.807, 2.05) is 0 Å². The van der Waals surface area contributed by atoms with E-state index in [1.54, 1.807) is 0 Å². The van der Waals surface area contributed by atoms with Crippen LogP contribution in [0.5, 0.6) is 0 Å². The summed E-state index contributed by atoms with van der Waals surface area (Å²) in [6.45, 7) is 3.62. The van der Waals surface area contributed by atoms with Crippen molar-refractivity contribution in [2.45, 2.75) is 12.8 Å². The van der Waals surface area contributed by atoms with E-state index in [-0.39, 0.29) is 6.42 Å². The lowest BCUT2D eigenvalue weighted by Gasteiger charge is -2.06. The topological polar surface area (TPSA) is 70.0 Å². The number of carbonyl (C=O) groups is 1. The molecule has 0 aliphatic heterocycles. The number of carboxylic acid groups (broad SMARTS) is 1. The van der Waals surface area contributed by atoms with Crippen LogP contribution in [0.2, 0.25) is 0 Å². The first-order valence-corrected chi connectivity index (χ1v) is 3.15. The summed E-state index contributed by atoms with van der Waals surface area (Å²) >= 11 is 0. The van der Waals surface area contributed by atoms with Crippen molar-refractivity contribution in [2.75, 3.05) is 6.54 Å². The third-order valence-electron chi connectivity index (χ3n) is 1.09. The summed E-state index contributed by atoms with van der Waals surface area (Å²) < 4.78 is 0. The van der Waals surface area contributed by atoms with Crippen molar-refractivity contribution in [3.63, 3.8) is 0 Å². The molecule has 0 saturated carbocycles. The molecule has 0 fully saturated rings. The van der Waals surface area contributed by atoms with Crippen molar-refractivity contribution < 1.29 is 9.90 Å². The van der Waals surface area contributed by atoms with Gasteiger partial charge in [-0.25, -0.2) is 5.01 Å². The Morgan fingerprint density at radius 3 is 2.73 bits per heavy atom. The minimum atomic E-state index is -0.875. The van der Waals surface area contributed by atoms with Crippen LogP contribution in [0, 0.1) is 4.91 Å². The zero-order valence-corrected chi connectivity index (χ0v) is 6.06. The number of nitrogens with zero attached hydrogens (tertiary/aromatic N) is 2. The van der Waals surface area contributed by atoms with Gasteiger partial charge in [-0.2, -0.15) is 0 Å². The van der Waals surface area contributed by atoms with Gasteiger partial charge in [0.2, 0.25) is 0 Å². The van der Waals surface area contributed by atoms with Gasteiger partial charge in [0.25, 0.3) is 0 Å². The van der Waals surface area contributed by atoms with Crippen molar-refractivity contribution in [2.24, 2.45) is 5.29 Å². The molecule has 0 aromatic carbocycles. The van der Waals surface area contributed by atoms with E-state index in [2.05, 4.69) is 11.9 Å². The number of hydrogen-bond donors (Lipinski definition) is 1. The fourth-order valence-corrected chi connectivity index (χ4v) is 0.558. The third-order valence-corrected chi connectivity index (χ3v) is 1.09. The molecule has 0 saturated heterocycles. The molecule has 0 aromatic heterocycles. The molecule has 11 heavy (non-hydrogen) atoms. The summed E-state index contributed by atoms with van der Waals surface area (Å²) in [5, 5.41) is 11.9. The largest absolute Gasteiger partial charge is 0.481 e. The van der Waals surface area contributed by atoms with Crippen molar-refractivity contribution in [1.82, 2.24) is 5.01 Å². The van der Waals surface area contributed by atoms with Gasteiger partial charge in [-0.15, -0.1) is 4.91 Å². The smallest absolute Gasteiger partial charge is 0.303 e. The highest BCUT2D eigenvalue weighted by Crippen LogP contribution is 1.95. The second-order valence-electron chi connectivity index (χ2n) is 1.92. The summed E-state index contributed by atoms with van der Waals surface area (Å²) in [5.74, 6) is -0.875. The number of aliphatic carboxylic acids is 1. The molecule has 0 unspecified atom stereocenters. The van der Waals surface area contributed by atoms with Gasteiger partial charge < -0.3 is 5.11 Å². The minimum Gasteiger partial charge on any atom is -0.481 e. The maximum Gasteiger partial charge on any atom is 0.303 e. The Labute approximate surface area is 64.3 Å². The monoisotopic (exact) mass is 158 g/mol. The molecule has 1 N–H and O–H groups in total. The molecule has 0 atom stereocenters. The van der Waals surface area contributed by atoms with E-state index in [4.69, 9.17) is 5.11 Å². The second-order valence-corrected chi connectivity index (χ2v) is 1.92. The van der Waals surface area contributed by atoms with Crippen LogP contribution in [0.15, 0.2) is 18.1 Å². The van der Waals surface area contributed by atoms with Gasteiger partial charge in [0.1, 0.15) is 0 Å². The van der Waals surface area contributed by atoms with Crippen LogP contribution in [0.4, 0.5) is 0 Å². The van der Waals surface area contributed by atoms with E-state index in [0.717, 1.165) is 5.01 Å². The van der Waals surface area contributed by atoms with Crippen molar-refractivity contribution in [1.29, 1.82) is 0 Å². The molecule has 0 aliphatic rings. The van der Waals surface area contributed by atoms with Crippen LogP contribution < -0.4 is 0 Å². The predicted molar refractivity (Wildman–Crippen MR) is 39.6 cm³/mol. The Kier molecular flexibility index (Phi) is 4.72. The van der Waals surface area contributed by atoms with Crippen LogP contribution in [-0.4, -0.2) is 22.6 Å². The Hall–Kier alpha value is -1.39. The van der Waals surface area contributed by atoms with Crippen LogP contribution in [0.1, 0.15) is 12.8 Å². The summed E-state index contributed by atoms with van der Waals surface area (Å²) in [6, 6.07) is 0. The molecule has 0 aliphatic carbocycles. The minimum absolute atomic E-state index is 0.0415. The van der Waals surface area contributed by atoms with Gasteiger partial charge >= 0.3 is 5.97 Å². The lowest BCUT2D eigenvalue weighted by molar-refractivity contribution is -0.137. The van der Waals surface area contributed by atoms with Crippen molar-refractivity contribution in [3.05, 3.63) is 17.7 Å². The molecule has 0 amide bonds. The van der Waals surface area contributed by atoms with Gasteiger partial charge in [-0.3, -0.25) is 4.79 Å². The molecule has 0 rings (SSSR count). The Morgan fingerprint density at radius 1 is 1.73 bits per heavy atom. The molecule has 5 heteroatoms. The van der Waals surface area contributed by atoms with E-state index in [9.17, 15) is 9.70 Å². The van der Waals surface area contributed by atoms with E-state index in [0.29, 0.717) is 13.0 Å². The maximum atomic E-state index is 10.0. The van der Waals surface area contributed by atoms with Gasteiger partial charge in [-0.1, -0.05) is 6.58 Å². The Balaban J connectivity index is 3.43. The van der Waals surface area contributed by atoms with E-state index < -0.39 is 5.97 Å². The fourth-order valence-electron chi connectivity index (χ4n) is 0.558. The standard InChI is InChI=1S/C6H10N2O3/c1-2-8(7-11)5-3-4-6(9)10/h2H,1,3-5H2,(H,9,10). The van der Waals surface area contributed by atoms with Gasteiger partial charge in [0.05, 0.1) is 5.29 Å². The van der Waals surface area contributed by atoms with Crippen LogP contribution in [0.3, 0.4) is 0 Å². The number of hydrogen-bond acceptors (Lipinski definition) is 3. The zero-order valence-electron chi connectivity index (χ0n) is 6.06. The van der Waals surface area contributed by atoms with E-state index >= 15 is 0 Å². The van der Waals surface area contributed by atoms with E-state index in [1.165, 1.54) is 6.20 Å². The third kappa shape index (κ3) is 5.07. The van der Waals surface area contributed by atoms with Crippen LogP contribution in [-0.2, 0) is 4.79 Å². The van der Waals surface area contributed by atoms with Crippen LogP contribution >= 0.6 is 0 Å². The van der Waals surface area contributed by atoms with Gasteiger partial charge in [0, 0.05) is 19.2 Å². The summed E-state index contributed by atoms with van der Waals surface area (Å²) in [7, 11) is 0. The molecular formula is C6H10N2O3. The molecule has 0 heterocycles. The molecule has 0 radical (unpaired) electrons. The quantitative estimate of drug-likeness (QED) is 0.462. The Bertz CT molecular complexity index is 150. The molecular weight excluding hydrogens is 148 g/mol. The summed E-state index contributed by atoms with van der Waals surface area (Å²) in [4.78, 5) is 19.9. The number of nitroso groups, excluding NO2 is 1. The predicted octanol–water partition coefficient (Wildman–Crippen LogP) is 0.978. The fraction of sp³-hybridized carbons (Fsp3) is 0.500. The highest BCUT2D eigenvalue weighted by atomic mass is 16.4. The van der Waals surface area contributed by atoms with Gasteiger partial charge in [0.15, 0.2) is 0 Å². The Morgan fingerprint density at radius 2 is 2.36 bits per heavy atom. The lowest BCUT2D eigenvalue weighted by Crippen LogP contribution is -2.11. The van der Waals surface area contributed by atoms with Crippen molar-refractivity contribution in [3.8, 4) is 0 Å². The highest BCUT2D eigenvalue weighted by Gasteiger charge is 1.99. The summed E-state index contributed by atoms with van der Waals surface area (Å²) in [6.07, 6.45) is 1.70. The first-order chi connectivity index (χ1) is 5.20. The molecule has 0 spiro atoms. The number of carboxylic acids is 1. The average molecular weight is 158 g/mol. The normalized spacial score (nSPS) is 8.73. The van der Waals surface area contributed by atoms with Crippen LogP contribution in [0.25, 0.3) is 0 Å². The summed E-state index contributed by atoms with van der Waals surface area (Å²) in [5.41, 5.74) is 0. The van der Waals surface area contributed by atoms with Crippen molar-refractivity contribution >= 4 is 5.97 Å². The first-order valence-electron chi connectivity index (χ1n) is 3.15. The number of rotatable bonds is 6. The molecule has 62 valence electrons. The second kappa shape index (κ2) is 5.40. The highest BCUT2D eigenvalue weighted by molar-refractivity contribution is 5.66. The van der Waals surface area contributed by atoms with Gasteiger partial charge in [-0.05, 0) is 6.42 Å². The molecule has 0 bridgehead atoms. The molecule has 5 nitrogen and oxygen atoms in total. The SMILES string of the molecule is C=CN(CCCC(=O)O)N=O. The molecule has 0 aromatic rings. The lowest BCUT2D eigenvalue weighted by atomic mass is 10.3. The maximum absolute atomic E-state index is 10.0. The zero-order chi connectivity index (χ0) is 8.69.